The Morgan fingerprint density at radius 1 is 1.41 bits per heavy atom. The molecule has 1 rings (SSSR count). The Morgan fingerprint density at radius 2 is 2.12 bits per heavy atom. The van der Waals surface area contributed by atoms with Crippen molar-refractivity contribution in [1.82, 2.24) is 15.5 Å². The van der Waals surface area contributed by atoms with Crippen LogP contribution in [-0.2, 0) is 4.79 Å². The summed E-state index contributed by atoms with van der Waals surface area (Å²) in [5.74, 6) is 0.240. The third-order valence-corrected chi connectivity index (χ3v) is 2.55. The number of nitrogens with one attached hydrogen (secondary N) is 2. The largest absolute Gasteiger partial charge is 0.343 e. The summed E-state index contributed by atoms with van der Waals surface area (Å²) in [5, 5.41) is 5.62. The summed E-state index contributed by atoms with van der Waals surface area (Å²) in [4.78, 5) is 24.6. The van der Waals surface area contributed by atoms with Crippen LogP contribution in [0.3, 0.4) is 0 Å². The van der Waals surface area contributed by atoms with Gasteiger partial charge in [-0.15, -0.1) is 0 Å². The van der Waals surface area contributed by atoms with Crippen LogP contribution in [-0.4, -0.2) is 42.0 Å². The van der Waals surface area contributed by atoms with Gasteiger partial charge in [0.25, 0.3) is 0 Å². The van der Waals surface area contributed by atoms with Gasteiger partial charge in [0.2, 0.25) is 5.91 Å². The maximum atomic E-state index is 11.4. The van der Waals surface area contributed by atoms with E-state index in [9.17, 15) is 9.59 Å². The predicted octanol–water partition coefficient (Wildman–Crippen LogP) is 1.10. The first-order valence-electron chi connectivity index (χ1n) is 6.22. The highest BCUT2D eigenvalue weighted by molar-refractivity contribution is 5.78. The standard InChI is InChI=1S/C12H23N3O2/c1-12(2,3)14-11(17)13-7-5-9-15-8-4-6-10(15)16/h4-9H2,1-3H3,(H2,13,14,17). The predicted molar refractivity (Wildman–Crippen MR) is 66.7 cm³/mol. The normalized spacial score (nSPS) is 16.2. The van der Waals surface area contributed by atoms with Gasteiger partial charge in [0.05, 0.1) is 0 Å². The molecular formula is C12H23N3O2. The van der Waals surface area contributed by atoms with Crippen LogP contribution in [0.15, 0.2) is 0 Å². The highest BCUT2D eigenvalue weighted by atomic mass is 16.2. The summed E-state index contributed by atoms with van der Waals surface area (Å²) in [5.41, 5.74) is -0.213. The van der Waals surface area contributed by atoms with Crippen molar-refractivity contribution in [3.05, 3.63) is 0 Å². The molecule has 0 atom stereocenters. The van der Waals surface area contributed by atoms with E-state index in [1.807, 2.05) is 25.7 Å². The van der Waals surface area contributed by atoms with Crippen LogP contribution in [0.5, 0.6) is 0 Å². The third-order valence-electron chi connectivity index (χ3n) is 2.55. The second-order valence-electron chi connectivity index (χ2n) is 5.47. The van der Waals surface area contributed by atoms with E-state index in [-0.39, 0.29) is 17.5 Å². The lowest BCUT2D eigenvalue weighted by Crippen LogP contribution is -2.46. The van der Waals surface area contributed by atoms with Gasteiger partial charge in [-0.05, 0) is 33.6 Å². The van der Waals surface area contributed by atoms with Gasteiger partial charge in [-0.2, -0.15) is 0 Å². The van der Waals surface area contributed by atoms with E-state index in [2.05, 4.69) is 10.6 Å². The second kappa shape index (κ2) is 5.89. The number of hydrogen-bond donors (Lipinski definition) is 2. The number of urea groups is 1. The first-order chi connectivity index (χ1) is 7.88. The van der Waals surface area contributed by atoms with E-state index < -0.39 is 0 Å². The summed E-state index contributed by atoms with van der Waals surface area (Å²) >= 11 is 0. The fourth-order valence-corrected chi connectivity index (χ4v) is 1.80. The van der Waals surface area contributed by atoms with Gasteiger partial charge >= 0.3 is 6.03 Å². The number of rotatable bonds is 4. The molecule has 0 unspecified atom stereocenters. The molecule has 3 amide bonds. The second-order valence-corrected chi connectivity index (χ2v) is 5.47. The molecule has 1 saturated heterocycles. The summed E-state index contributed by atoms with van der Waals surface area (Å²) in [6, 6.07) is -0.148. The zero-order valence-electron chi connectivity index (χ0n) is 11.0. The SMILES string of the molecule is CC(C)(C)NC(=O)NCCCN1CCCC1=O. The van der Waals surface area contributed by atoms with Gasteiger partial charge < -0.3 is 15.5 Å². The lowest BCUT2D eigenvalue weighted by atomic mass is 10.1. The Balaban J connectivity index is 2.08. The van der Waals surface area contributed by atoms with Crippen LogP contribution >= 0.6 is 0 Å². The number of carbonyl (C=O) groups excluding carboxylic acids is 2. The van der Waals surface area contributed by atoms with E-state index in [1.165, 1.54) is 0 Å². The van der Waals surface area contributed by atoms with Crippen molar-refractivity contribution >= 4 is 11.9 Å². The van der Waals surface area contributed by atoms with Gasteiger partial charge in [-0.1, -0.05) is 0 Å². The Morgan fingerprint density at radius 3 is 2.65 bits per heavy atom. The molecule has 0 aromatic carbocycles. The van der Waals surface area contributed by atoms with E-state index in [4.69, 9.17) is 0 Å². The first-order valence-corrected chi connectivity index (χ1v) is 6.22. The van der Waals surface area contributed by atoms with Crippen LogP contribution in [0.25, 0.3) is 0 Å². The van der Waals surface area contributed by atoms with Gasteiger partial charge in [-0.3, -0.25) is 4.79 Å². The number of hydrogen-bond acceptors (Lipinski definition) is 2. The van der Waals surface area contributed by atoms with E-state index >= 15 is 0 Å². The van der Waals surface area contributed by atoms with Crippen molar-refractivity contribution in [2.24, 2.45) is 0 Å². The molecule has 1 aliphatic rings. The first kappa shape index (κ1) is 13.8. The van der Waals surface area contributed by atoms with Crippen LogP contribution in [0.2, 0.25) is 0 Å². The molecule has 0 spiro atoms. The lowest BCUT2D eigenvalue weighted by molar-refractivity contribution is -0.127. The van der Waals surface area contributed by atoms with Gasteiger partial charge in [-0.25, -0.2) is 4.79 Å². The number of carbonyl (C=O) groups is 2. The summed E-state index contributed by atoms with van der Waals surface area (Å²) in [6.45, 7) is 8.04. The molecular weight excluding hydrogens is 218 g/mol. The monoisotopic (exact) mass is 241 g/mol. The van der Waals surface area contributed by atoms with Gasteiger partial charge in [0.1, 0.15) is 0 Å². The zero-order valence-corrected chi connectivity index (χ0v) is 11.0. The molecule has 5 heteroatoms. The van der Waals surface area contributed by atoms with Crippen molar-refractivity contribution in [2.75, 3.05) is 19.6 Å². The van der Waals surface area contributed by atoms with Crippen molar-refractivity contribution in [2.45, 2.75) is 45.6 Å². The third kappa shape index (κ3) is 5.56. The Kier molecular flexibility index (Phi) is 4.78. The van der Waals surface area contributed by atoms with Crippen molar-refractivity contribution in [3.63, 3.8) is 0 Å². The van der Waals surface area contributed by atoms with Crippen LogP contribution in [0.1, 0.15) is 40.0 Å². The summed E-state index contributed by atoms with van der Waals surface area (Å²) in [6.07, 6.45) is 2.46. The zero-order chi connectivity index (χ0) is 12.9. The van der Waals surface area contributed by atoms with Crippen LogP contribution < -0.4 is 10.6 Å². The highest BCUT2D eigenvalue weighted by Crippen LogP contribution is 2.09. The van der Waals surface area contributed by atoms with Crippen molar-refractivity contribution in [1.29, 1.82) is 0 Å². The van der Waals surface area contributed by atoms with Crippen LogP contribution in [0, 0.1) is 0 Å². The molecule has 1 aliphatic heterocycles. The Labute approximate surface area is 103 Å². The van der Waals surface area contributed by atoms with Crippen molar-refractivity contribution in [3.8, 4) is 0 Å². The molecule has 0 saturated carbocycles. The molecule has 0 aliphatic carbocycles. The average molecular weight is 241 g/mol. The minimum Gasteiger partial charge on any atom is -0.343 e. The number of likely N-dealkylation sites (tertiary alicyclic amines) is 1. The minimum atomic E-state index is -0.213. The maximum Gasteiger partial charge on any atom is 0.315 e. The molecule has 0 aromatic rings. The molecule has 17 heavy (non-hydrogen) atoms. The van der Waals surface area contributed by atoms with E-state index in [0.29, 0.717) is 13.0 Å². The molecule has 1 fully saturated rings. The topological polar surface area (TPSA) is 61.4 Å². The number of amides is 3. The molecule has 2 N–H and O–H groups in total. The molecule has 0 bridgehead atoms. The summed E-state index contributed by atoms with van der Waals surface area (Å²) < 4.78 is 0. The van der Waals surface area contributed by atoms with Crippen molar-refractivity contribution < 1.29 is 9.59 Å². The fourth-order valence-electron chi connectivity index (χ4n) is 1.80. The van der Waals surface area contributed by atoms with Crippen LogP contribution in [0.4, 0.5) is 4.79 Å². The van der Waals surface area contributed by atoms with Gasteiger partial charge in [0, 0.05) is 31.6 Å². The summed E-state index contributed by atoms with van der Waals surface area (Å²) in [7, 11) is 0. The fraction of sp³-hybridized carbons (Fsp3) is 0.833. The van der Waals surface area contributed by atoms with Gasteiger partial charge in [0.15, 0.2) is 0 Å². The Bertz CT molecular complexity index is 284. The molecule has 1 heterocycles. The smallest absolute Gasteiger partial charge is 0.315 e. The molecule has 0 aromatic heterocycles. The minimum absolute atomic E-state index is 0.148. The maximum absolute atomic E-state index is 11.4. The quantitative estimate of drug-likeness (QED) is 0.724. The molecule has 98 valence electrons. The lowest BCUT2D eigenvalue weighted by Gasteiger charge is -2.21. The average Bonchev–Trinajstić information content (AvgIpc) is 2.56. The highest BCUT2D eigenvalue weighted by Gasteiger charge is 2.19. The number of nitrogens with zero attached hydrogens (tertiary/aromatic N) is 1. The Hall–Kier alpha value is -1.26. The van der Waals surface area contributed by atoms with E-state index in [1.54, 1.807) is 0 Å². The van der Waals surface area contributed by atoms with E-state index in [0.717, 1.165) is 25.9 Å². The molecule has 5 nitrogen and oxygen atoms in total. The molecule has 0 radical (unpaired) electrons.